The average molecular weight is 443 g/mol. The Bertz CT molecular complexity index is 1180. The van der Waals surface area contributed by atoms with Crippen molar-refractivity contribution in [2.75, 3.05) is 13.4 Å². The first-order valence-corrected chi connectivity index (χ1v) is 10.4. The lowest BCUT2D eigenvalue weighted by atomic mass is 10.1. The number of nitrogens with one attached hydrogen (secondary N) is 1. The summed E-state index contributed by atoms with van der Waals surface area (Å²) < 4.78 is 14.9. The second kappa shape index (κ2) is 7.80. The fourth-order valence-corrected chi connectivity index (χ4v) is 4.30. The van der Waals surface area contributed by atoms with Crippen LogP contribution in [0, 0.1) is 15.5 Å². The van der Waals surface area contributed by atoms with Crippen LogP contribution in [0.2, 0.25) is 0 Å². The summed E-state index contributed by atoms with van der Waals surface area (Å²) >= 11 is 2.38. The van der Waals surface area contributed by atoms with Gasteiger partial charge in [0.05, 0.1) is 41.2 Å². The molecular weight excluding hydrogens is 430 g/mol. The van der Waals surface area contributed by atoms with Crippen molar-refractivity contribution in [1.29, 1.82) is 5.41 Å². The number of fused-ring (bicyclic) bond motifs is 1. The number of nitro benzene ring substituents is 1. The number of carbonyl (C=O) groups is 1. The largest absolute Gasteiger partial charge is 0.497 e. The number of thioether (sulfide) groups is 1. The lowest BCUT2D eigenvalue weighted by molar-refractivity contribution is -0.384. The summed E-state index contributed by atoms with van der Waals surface area (Å²) in [6.45, 7) is 0. The average Bonchev–Trinajstić information content (AvgIpc) is 3.37. The van der Waals surface area contributed by atoms with Crippen molar-refractivity contribution in [2.45, 2.75) is 0 Å². The second-order valence-electron chi connectivity index (χ2n) is 5.95. The molecule has 0 aliphatic carbocycles. The van der Waals surface area contributed by atoms with Gasteiger partial charge in [-0.3, -0.25) is 20.3 Å². The van der Waals surface area contributed by atoms with Gasteiger partial charge in [0, 0.05) is 0 Å². The van der Waals surface area contributed by atoms with Crippen LogP contribution in [0.5, 0.6) is 5.75 Å². The number of aliphatic imine (C=N–C) groups is 1. The monoisotopic (exact) mass is 443 g/mol. The zero-order valence-electron chi connectivity index (χ0n) is 15.6. The molecule has 0 saturated carbocycles. The van der Waals surface area contributed by atoms with E-state index < -0.39 is 10.8 Å². The Morgan fingerprint density at radius 2 is 2.17 bits per heavy atom. The third-order valence-corrected chi connectivity index (χ3v) is 5.71. The molecule has 1 amide bonds. The van der Waals surface area contributed by atoms with Gasteiger partial charge < -0.3 is 9.15 Å². The number of methoxy groups -OCH3 is 1. The molecule has 0 bridgehead atoms. The van der Waals surface area contributed by atoms with Gasteiger partial charge in [-0.2, -0.15) is 9.39 Å². The van der Waals surface area contributed by atoms with Crippen molar-refractivity contribution in [3.05, 3.63) is 51.8 Å². The van der Waals surface area contributed by atoms with Crippen molar-refractivity contribution in [3.63, 3.8) is 0 Å². The van der Waals surface area contributed by atoms with Crippen LogP contribution >= 0.6 is 23.7 Å². The van der Waals surface area contributed by atoms with Crippen molar-refractivity contribution >= 4 is 57.6 Å². The van der Waals surface area contributed by atoms with Crippen molar-refractivity contribution in [3.8, 4) is 17.1 Å². The van der Waals surface area contributed by atoms with E-state index in [0.717, 1.165) is 11.9 Å². The molecule has 0 spiro atoms. The third kappa shape index (κ3) is 3.39. The van der Waals surface area contributed by atoms with E-state index in [-0.39, 0.29) is 34.2 Å². The van der Waals surface area contributed by atoms with Gasteiger partial charge in [0.1, 0.15) is 23.1 Å². The van der Waals surface area contributed by atoms with Crippen LogP contribution in [-0.2, 0) is 4.79 Å². The lowest BCUT2D eigenvalue weighted by Crippen LogP contribution is -2.41. The van der Waals surface area contributed by atoms with Crippen LogP contribution in [0.1, 0.15) is 5.76 Å². The Morgan fingerprint density at radius 1 is 1.37 bits per heavy atom. The third-order valence-electron chi connectivity index (χ3n) is 4.26. The van der Waals surface area contributed by atoms with Gasteiger partial charge in [0.2, 0.25) is 5.17 Å². The van der Waals surface area contributed by atoms with Crippen LogP contribution in [0.4, 0.5) is 5.69 Å². The highest BCUT2D eigenvalue weighted by atomic mass is 32.2. The highest BCUT2D eigenvalue weighted by molar-refractivity contribution is 8.18. The molecule has 12 heteroatoms. The molecule has 0 atom stereocenters. The fraction of sp³-hybridized carbons (Fsp3) is 0.111. The Kier molecular flexibility index (Phi) is 5.18. The molecule has 4 rings (SSSR count). The molecule has 0 radical (unpaired) electrons. The molecule has 1 N–H and O–H groups in total. The number of amidine groups is 3. The van der Waals surface area contributed by atoms with E-state index in [2.05, 4.69) is 9.39 Å². The predicted octanol–water partition coefficient (Wildman–Crippen LogP) is 3.80. The van der Waals surface area contributed by atoms with E-state index in [1.54, 1.807) is 18.2 Å². The summed E-state index contributed by atoms with van der Waals surface area (Å²) in [7, 11) is 1.42. The number of carbonyl (C=O) groups excluding carboxylic acids is 1. The first-order valence-electron chi connectivity index (χ1n) is 8.38. The smallest absolute Gasteiger partial charge is 0.284 e. The number of nitro groups is 1. The van der Waals surface area contributed by atoms with Gasteiger partial charge >= 0.3 is 0 Å². The Labute approximate surface area is 178 Å². The molecule has 10 nitrogen and oxygen atoms in total. The number of benzene rings is 1. The zero-order valence-corrected chi connectivity index (χ0v) is 17.2. The van der Waals surface area contributed by atoms with Crippen LogP contribution in [0.3, 0.4) is 0 Å². The van der Waals surface area contributed by atoms with Gasteiger partial charge in [0.15, 0.2) is 5.17 Å². The van der Waals surface area contributed by atoms with E-state index in [4.69, 9.17) is 14.6 Å². The number of amides is 1. The fourth-order valence-electron chi connectivity index (χ4n) is 2.85. The van der Waals surface area contributed by atoms with Crippen LogP contribution in [-0.4, -0.2) is 45.3 Å². The maximum absolute atomic E-state index is 12.4. The van der Waals surface area contributed by atoms with Crippen LogP contribution in [0.15, 0.2) is 49.7 Å². The second-order valence-corrected chi connectivity index (χ2v) is 7.46. The van der Waals surface area contributed by atoms with Crippen molar-refractivity contribution in [2.24, 2.45) is 9.39 Å². The minimum Gasteiger partial charge on any atom is -0.497 e. The molecule has 2 aliphatic heterocycles. The zero-order chi connectivity index (χ0) is 21.4. The van der Waals surface area contributed by atoms with E-state index >= 15 is 0 Å². The Hall–Kier alpha value is -3.38. The number of hydrogen-bond acceptors (Lipinski definition) is 9. The normalized spacial score (nSPS) is 17.1. The quantitative estimate of drug-likeness (QED) is 0.326. The first kappa shape index (κ1) is 19.9. The highest BCUT2D eigenvalue weighted by Crippen LogP contribution is 2.35. The lowest BCUT2D eigenvalue weighted by Gasteiger charge is -2.23. The summed E-state index contributed by atoms with van der Waals surface area (Å²) in [6, 6.07) is 7.56. The number of furan rings is 1. The maximum atomic E-state index is 12.4. The van der Waals surface area contributed by atoms with E-state index in [1.165, 1.54) is 42.0 Å². The van der Waals surface area contributed by atoms with Gasteiger partial charge in [-0.25, -0.2) is 4.90 Å². The summed E-state index contributed by atoms with van der Waals surface area (Å²) in [5.74, 6) is 0.222. The van der Waals surface area contributed by atoms with Crippen molar-refractivity contribution in [1.82, 2.24) is 4.90 Å². The SMILES string of the molecule is COc1ccc(-c2ccc(/C=C3/C(=N)N4C(SC)=NSC4=NC3=O)o2)c([N+](=O)[O-])c1. The molecule has 1 aromatic carbocycles. The van der Waals surface area contributed by atoms with Crippen LogP contribution < -0.4 is 4.74 Å². The molecule has 0 saturated heterocycles. The number of hydrogen-bond donors (Lipinski definition) is 1. The van der Waals surface area contributed by atoms with Gasteiger partial charge in [-0.05, 0) is 36.6 Å². The summed E-state index contributed by atoms with van der Waals surface area (Å²) in [6.07, 6.45) is 3.21. The Morgan fingerprint density at radius 3 is 2.87 bits per heavy atom. The topological polar surface area (TPSA) is 134 Å². The van der Waals surface area contributed by atoms with Gasteiger partial charge in [0.25, 0.3) is 11.6 Å². The van der Waals surface area contributed by atoms with Crippen LogP contribution in [0.25, 0.3) is 17.4 Å². The minimum atomic E-state index is -0.579. The predicted molar refractivity (Wildman–Crippen MR) is 116 cm³/mol. The van der Waals surface area contributed by atoms with Gasteiger partial charge in [-0.1, -0.05) is 11.8 Å². The van der Waals surface area contributed by atoms with Crippen molar-refractivity contribution < 1.29 is 18.9 Å². The molecule has 0 fully saturated rings. The highest BCUT2D eigenvalue weighted by Gasteiger charge is 2.37. The molecule has 3 heterocycles. The Balaban J connectivity index is 1.70. The van der Waals surface area contributed by atoms with E-state index in [0.29, 0.717) is 16.1 Å². The molecule has 0 unspecified atom stereocenters. The first-order chi connectivity index (χ1) is 14.4. The molecule has 1 aromatic heterocycles. The number of ether oxygens (including phenoxy) is 1. The number of rotatable bonds is 4. The van der Waals surface area contributed by atoms with Gasteiger partial charge in [-0.15, -0.1) is 0 Å². The maximum Gasteiger partial charge on any atom is 0.284 e. The molecule has 2 aromatic rings. The standard InChI is InChI=1S/C18H13N5O5S2/c1-27-9-3-5-11(13(8-9)23(25)26)14-6-4-10(28-14)7-12-15(19)22-17(20-16(12)24)30-21-18(22)29-2/h3-8,19H,1-2H3/b12-7-,19-15?. The summed E-state index contributed by atoms with van der Waals surface area (Å²) in [5.41, 5.74) is 0.130. The summed E-state index contributed by atoms with van der Waals surface area (Å²) in [5, 5.41) is 20.7. The minimum absolute atomic E-state index is 0.0353. The molecule has 2 aliphatic rings. The van der Waals surface area contributed by atoms with E-state index in [9.17, 15) is 14.9 Å². The molecular formula is C18H13N5O5S2. The molecule has 152 valence electrons. The molecule has 30 heavy (non-hydrogen) atoms. The summed E-state index contributed by atoms with van der Waals surface area (Å²) in [4.78, 5) is 28.8. The number of nitrogens with zero attached hydrogens (tertiary/aromatic N) is 4. The van der Waals surface area contributed by atoms with E-state index in [1.807, 2.05) is 6.26 Å².